The van der Waals surface area contributed by atoms with Gasteiger partial charge in [0.1, 0.15) is 5.82 Å². The molecule has 1 fully saturated rings. The Balaban J connectivity index is 1.50. The lowest BCUT2D eigenvalue weighted by Crippen LogP contribution is -2.48. The fraction of sp³-hybridized carbons (Fsp3) is 0.348. The molecule has 4 nitrogen and oxygen atoms in total. The van der Waals surface area contributed by atoms with E-state index in [9.17, 15) is 0 Å². The number of hydrogen-bond acceptors (Lipinski definition) is 3. The lowest BCUT2D eigenvalue weighted by Gasteiger charge is -2.41. The summed E-state index contributed by atoms with van der Waals surface area (Å²) < 4.78 is 0. The van der Waals surface area contributed by atoms with Gasteiger partial charge in [-0.1, -0.05) is 60.7 Å². The molecule has 1 aliphatic heterocycles. The molecular weight excluding hydrogens is 332 g/mol. The van der Waals surface area contributed by atoms with E-state index in [4.69, 9.17) is 0 Å². The second-order valence-electron chi connectivity index (χ2n) is 7.40. The second kappa shape index (κ2) is 8.07. The van der Waals surface area contributed by atoms with Crippen molar-refractivity contribution in [2.45, 2.75) is 25.9 Å². The minimum atomic E-state index is 0.319. The molecule has 2 heterocycles. The van der Waals surface area contributed by atoms with Crippen molar-refractivity contribution in [1.82, 2.24) is 19.8 Å². The van der Waals surface area contributed by atoms with Gasteiger partial charge in [0.05, 0.1) is 11.7 Å². The highest BCUT2D eigenvalue weighted by Gasteiger charge is 2.28. The molecule has 3 aromatic rings. The molecule has 27 heavy (non-hydrogen) atoms. The lowest BCUT2D eigenvalue weighted by atomic mass is 9.96. The predicted molar refractivity (Wildman–Crippen MR) is 110 cm³/mol. The monoisotopic (exact) mass is 360 g/mol. The van der Waals surface area contributed by atoms with Crippen LogP contribution in [0.2, 0.25) is 0 Å². The third kappa shape index (κ3) is 3.97. The van der Waals surface area contributed by atoms with Gasteiger partial charge in [-0.3, -0.25) is 9.80 Å². The van der Waals surface area contributed by atoms with E-state index in [1.165, 1.54) is 16.8 Å². The van der Waals surface area contributed by atoms with Gasteiger partial charge >= 0.3 is 0 Å². The Morgan fingerprint density at radius 1 is 0.815 bits per heavy atom. The summed E-state index contributed by atoms with van der Waals surface area (Å²) >= 11 is 0. The van der Waals surface area contributed by atoms with E-state index < -0.39 is 0 Å². The molecule has 1 aromatic heterocycles. The minimum absolute atomic E-state index is 0.319. The fourth-order valence-corrected chi connectivity index (χ4v) is 4.12. The Hall–Kier alpha value is -2.43. The van der Waals surface area contributed by atoms with E-state index in [0.717, 1.165) is 32.0 Å². The Morgan fingerprint density at radius 3 is 1.81 bits per heavy atom. The zero-order valence-corrected chi connectivity index (χ0v) is 16.2. The van der Waals surface area contributed by atoms with Gasteiger partial charge in [-0.2, -0.15) is 0 Å². The van der Waals surface area contributed by atoms with Crippen LogP contribution < -0.4 is 0 Å². The summed E-state index contributed by atoms with van der Waals surface area (Å²) in [5.41, 5.74) is 3.95. The number of imidazole rings is 1. The number of benzene rings is 2. The van der Waals surface area contributed by atoms with Crippen molar-refractivity contribution in [2.75, 3.05) is 26.2 Å². The summed E-state index contributed by atoms with van der Waals surface area (Å²) in [5, 5.41) is 0. The van der Waals surface area contributed by atoms with Gasteiger partial charge in [-0.15, -0.1) is 0 Å². The molecule has 4 rings (SSSR count). The van der Waals surface area contributed by atoms with E-state index in [-0.39, 0.29) is 0 Å². The van der Waals surface area contributed by atoms with Crippen LogP contribution in [-0.4, -0.2) is 45.9 Å². The van der Waals surface area contributed by atoms with E-state index in [1.54, 1.807) is 0 Å². The molecule has 2 aromatic carbocycles. The summed E-state index contributed by atoms with van der Waals surface area (Å²) in [6.45, 7) is 8.54. The lowest BCUT2D eigenvalue weighted by molar-refractivity contribution is 0.0827. The molecule has 1 saturated heterocycles. The van der Waals surface area contributed by atoms with Crippen molar-refractivity contribution in [3.8, 4) is 0 Å². The summed E-state index contributed by atoms with van der Waals surface area (Å²) in [4.78, 5) is 12.9. The molecule has 0 radical (unpaired) electrons. The summed E-state index contributed by atoms with van der Waals surface area (Å²) in [5.74, 6) is 0.990. The number of rotatable bonds is 5. The predicted octanol–water partition coefficient (Wildman–Crippen LogP) is 4.19. The van der Waals surface area contributed by atoms with Crippen LogP contribution in [0.5, 0.6) is 0 Å². The molecule has 0 bridgehead atoms. The number of aromatic nitrogens is 2. The maximum Gasteiger partial charge on any atom is 0.103 e. The largest absolute Gasteiger partial charge is 0.345 e. The average molecular weight is 361 g/mol. The van der Waals surface area contributed by atoms with Crippen molar-refractivity contribution >= 4 is 0 Å². The van der Waals surface area contributed by atoms with Crippen molar-refractivity contribution in [2.24, 2.45) is 0 Å². The quantitative estimate of drug-likeness (QED) is 0.741. The molecule has 1 unspecified atom stereocenters. The maximum atomic E-state index is 4.36. The number of nitrogens with zero attached hydrogens (tertiary/aromatic N) is 3. The number of aromatic amines is 1. The van der Waals surface area contributed by atoms with Gasteiger partial charge < -0.3 is 4.98 Å². The minimum Gasteiger partial charge on any atom is -0.345 e. The zero-order chi connectivity index (χ0) is 18.6. The molecule has 0 spiro atoms. The first kappa shape index (κ1) is 18.0. The molecule has 4 heteroatoms. The van der Waals surface area contributed by atoms with Crippen LogP contribution >= 0.6 is 0 Å². The maximum absolute atomic E-state index is 4.36. The highest BCUT2D eigenvalue weighted by molar-refractivity contribution is 5.32. The van der Waals surface area contributed by atoms with Gasteiger partial charge in [-0.05, 0) is 25.0 Å². The number of H-pyrrole nitrogens is 1. The first-order valence-electron chi connectivity index (χ1n) is 9.82. The number of nitrogens with one attached hydrogen (secondary N) is 1. The van der Waals surface area contributed by atoms with Gasteiger partial charge in [0.15, 0.2) is 0 Å². The van der Waals surface area contributed by atoms with Crippen molar-refractivity contribution in [3.05, 3.63) is 89.5 Å². The Morgan fingerprint density at radius 2 is 1.33 bits per heavy atom. The first-order chi connectivity index (χ1) is 13.2. The highest BCUT2D eigenvalue weighted by atomic mass is 15.3. The molecular formula is C23H28N4. The van der Waals surface area contributed by atoms with Gasteiger partial charge in [0.2, 0.25) is 0 Å². The fourth-order valence-electron chi connectivity index (χ4n) is 4.12. The highest BCUT2D eigenvalue weighted by Crippen LogP contribution is 2.30. The van der Waals surface area contributed by atoms with E-state index in [1.807, 2.05) is 13.1 Å². The van der Waals surface area contributed by atoms with Gasteiger partial charge in [-0.25, -0.2) is 4.98 Å². The summed E-state index contributed by atoms with van der Waals surface area (Å²) in [6, 6.07) is 22.5. The Labute approximate surface area is 161 Å². The van der Waals surface area contributed by atoms with Gasteiger partial charge in [0.25, 0.3) is 0 Å². The van der Waals surface area contributed by atoms with Crippen molar-refractivity contribution in [1.29, 1.82) is 0 Å². The van der Waals surface area contributed by atoms with Crippen LogP contribution in [0.3, 0.4) is 0 Å². The Bertz CT molecular complexity index is 796. The topological polar surface area (TPSA) is 35.2 Å². The molecule has 1 atom stereocenters. The smallest absolute Gasteiger partial charge is 0.103 e. The van der Waals surface area contributed by atoms with Crippen LogP contribution in [0.1, 0.15) is 41.7 Å². The molecule has 1 aliphatic rings. The van der Waals surface area contributed by atoms with Crippen LogP contribution in [0, 0.1) is 6.92 Å². The van der Waals surface area contributed by atoms with E-state index in [2.05, 4.69) is 87.4 Å². The van der Waals surface area contributed by atoms with E-state index in [0.29, 0.717) is 12.1 Å². The standard InChI is InChI=1S/C23H28N4/c1-18(22-17-24-19(2)25-22)26-13-15-27(16-14-26)23(20-9-5-3-6-10-20)21-11-7-4-8-12-21/h3-12,17-18,23H,13-16H2,1-2H3,(H,24,25). The Kier molecular flexibility index (Phi) is 5.37. The van der Waals surface area contributed by atoms with Crippen molar-refractivity contribution < 1.29 is 0 Å². The first-order valence-corrected chi connectivity index (χ1v) is 9.82. The molecule has 1 N–H and O–H groups in total. The second-order valence-corrected chi connectivity index (χ2v) is 7.40. The summed E-state index contributed by atoms with van der Waals surface area (Å²) in [6.07, 6.45) is 1.98. The van der Waals surface area contributed by atoms with Crippen molar-refractivity contribution in [3.63, 3.8) is 0 Å². The zero-order valence-electron chi connectivity index (χ0n) is 16.2. The van der Waals surface area contributed by atoms with Crippen LogP contribution in [0.15, 0.2) is 66.9 Å². The van der Waals surface area contributed by atoms with E-state index >= 15 is 0 Å². The molecule has 0 amide bonds. The van der Waals surface area contributed by atoms with Gasteiger partial charge in [0, 0.05) is 38.4 Å². The average Bonchev–Trinajstić information content (AvgIpc) is 3.16. The normalized spacial score (nSPS) is 17.3. The molecule has 140 valence electrons. The van der Waals surface area contributed by atoms with Crippen LogP contribution in [-0.2, 0) is 0 Å². The number of hydrogen-bond donors (Lipinski definition) is 1. The number of aryl methyl sites for hydroxylation is 1. The summed E-state index contributed by atoms with van der Waals surface area (Å²) in [7, 11) is 0. The third-order valence-electron chi connectivity index (χ3n) is 5.66. The molecule has 0 aliphatic carbocycles. The SMILES string of the molecule is Cc1ncc(C(C)N2CCN(C(c3ccccc3)c3ccccc3)CC2)[nH]1. The van der Waals surface area contributed by atoms with Crippen LogP contribution in [0.4, 0.5) is 0 Å². The number of piperazine rings is 1. The third-order valence-corrected chi connectivity index (χ3v) is 5.66. The molecule has 0 saturated carbocycles. The van der Waals surface area contributed by atoms with Crippen LogP contribution in [0.25, 0.3) is 0 Å².